The van der Waals surface area contributed by atoms with Crippen LogP contribution < -0.4 is 22.1 Å². The highest BCUT2D eigenvalue weighted by atomic mass is 16.7. The molecule has 6 amide bonds. The number of hydroxylamine groups is 4. The van der Waals surface area contributed by atoms with Crippen LogP contribution in [-0.2, 0) is 48.0 Å². The Labute approximate surface area is 274 Å². The van der Waals surface area contributed by atoms with Gasteiger partial charge in [0.15, 0.2) is 0 Å². The SMILES string of the molecule is CCC(=O)ON1C(=O)CCC1=O.CCN.CCN.CCNC(=O)CC.[2H]C([2H])([2H])C([2H])([2H])C(=O)NCC.[2H]C([2H])([2H])C([2H])([2H])C(=O)ON1C(=O)CCC1=O. The van der Waals surface area contributed by atoms with Crippen molar-refractivity contribution in [1.82, 2.24) is 20.8 Å². The van der Waals surface area contributed by atoms with E-state index in [4.69, 9.17) is 25.2 Å². The van der Waals surface area contributed by atoms with E-state index in [1.54, 1.807) is 13.8 Å². The summed E-state index contributed by atoms with van der Waals surface area (Å²) in [6, 6.07) is 0. The molecule has 16 nitrogen and oxygen atoms in total. The lowest BCUT2D eigenvalue weighted by Crippen LogP contribution is -2.31. The molecular weight excluding hydrogens is 580 g/mol. The van der Waals surface area contributed by atoms with E-state index in [0.717, 1.165) is 19.6 Å². The van der Waals surface area contributed by atoms with Gasteiger partial charge in [0, 0.05) is 78.1 Å². The number of carbonyl (C=O) groups excluding carboxylic acids is 8. The molecule has 0 radical (unpaired) electrons. The fourth-order valence-electron chi connectivity index (χ4n) is 2.11. The second-order valence-corrected chi connectivity index (χ2v) is 7.59. The number of nitrogens with one attached hydrogen (secondary N) is 2. The van der Waals surface area contributed by atoms with Crippen LogP contribution in [-0.4, -0.2) is 83.7 Å². The molecule has 256 valence electrons. The number of hydrogen-bond acceptors (Lipinski definition) is 12. The van der Waals surface area contributed by atoms with E-state index in [9.17, 15) is 38.4 Å². The molecule has 0 atom stereocenters. The highest BCUT2D eigenvalue weighted by Crippen LogP contribution is 2.13. The zero-order chi connectivity index (χ0) is 43.7. The summed E-state index contributed by atoms with van der Waals surface area (Å²) in [6.45, 7) is 7.04. The number of imide groups is 2. The van der Waals surface area contributed by atoms with Gasteiger partial charge in [-0.15, -0.1) is 10.1 Å². The van der Waals surface area contributed by atoms with Gasteiger partial charge in [-0.3, -0.25) is 28.8 Å². The summed E-state index contributed by atoms with van der Waals surface area (Å²) in [6.07, 6.45) is -5.37. The minimum Gasteiger partial charge on any atom is -0.356 e. The molecule has 6 N–H and O–H groups in total. The average molecular weight is 645 g/mol. The molecule has 0 aromatic heterocycles. The van der Waals surface area contributed by atoms with Gasteiger partial charge in [0.25, 0.3) is 23.6 Å². The molecule has 2 rings (SSSR count). The van der Waals surface area contributed by atoms with Gasteiger partial charge in [0.05, 0.1) is 0 Å². The Balaban J connectivity index is -0.000000303. The summed E-state index contributed by atoms with van der Waals surface area (Å²) in [7, 11) is 0. The van der Waals surface area contributed by atoms with Crippen LogP contribution in [0.4, 0.5) is 0 Å². The summed E-state index contributed by atoms with van der Waals surface area (Å²) in [5, 5.41) is 5.43. The van der Waals surface area contributed by atoms with E-state index < -0.39 is 67.9 Å². The monoisotopic (exact) mass is 644 g/mol. The van der Waals surface area contributed by atoms with Gasteiger partial charge in [0.1, 0.15) is 0 Å². The van der Waals surface area contributed by atoms with Gasteiger partial charge >= 0.3 is 11.9 Å². The topological polar surface area (TPSA) is 238 Å². The standard InChI is InChI=1S/2C7H9NO4.2C5H11NO.2C2H7N/c2*1-2-7(11)12-8-5(9)3-4-6(8)10;2*1-3-5(7)6-4-2;2*1-2-3/h2*2-4H2,1H3;2*3-4H2,1-2H3,(H,6,7);2*2-3H2,1H3/i1D3,2D2;;1D3,3D2;;;. The molecule has 16 heteroatoms. The highest BCUT2D eigenvalue weighted by molar-refractivity contribution is 6.02. The first-order chi connectivity index (χ1) is 24.6. The highest BCUT2D eigenvalue weighted by Gasteiger charge is 2.33. The molecule has 0 spiro atoms. The van der Waals surface area contributed by atoms with Crippen LogP contribution in [0.25, 0.3) is 0 Å². The third kappa shape index (κ3) is 26.9. The van der Waals surface area contributed by atoms with Crippen LogP contribution in [0.3, 0.4) is 0 Å². The second-order valence-electron chi connectivity index (χ2n) is 7.59. The molecule has 0 aliphatic carbocycles. The molecule has 2 aliphatic heterocycles. The van der Waals surface area contributed by atoms with Crippen molar-refractivity contribution >= 4 is 47.4 Å². The van der Waals surface area contributed by atoms with E-state index in [-0.39, 0.29) is 49.6 Å². The summed E-state index contributed by atoms with van der Waals surface area (Å²) in [5.41, 5.74) is 9.69. The first-order valence-electron chi connectivity index (χ1n) is 18.7. The lowest BCUT2D eigenvalue weighted by molar-refractivity contribution is -0.197. The molecule has 2 heterocycles. The van der Waals surface area contributed by atoms with Crippen molar-refractivity contribution < 1.29 is 61.7 Å². The van der Waals surface area contributed by atoms with E-state index in [2.05, 4.69) is 20.3 Å². The lowest BCUT2D eigenvalue weighted by atomic mass is 10.4. The maximum atomic E-state index is 11.3. The minimum absolute atomic E-state index is 0.103. The summed E-state index contributed by atoms with van der Waals surface area (Å²) >= 11 is 0. The Morgan fingerprint density at radius 1 is 0.659 bits per heavy atom. The third-order valence-corrected chi connectivity index (χ3v) is 3.92. The fourth-order valence-corrected chi connectivity index (χ4v) is 2.11. The van der Waals surface area contributed by atoms with Crippen LogP contribution in [0.2, 0.25) is 0 Å². The van der Waals surface area contributed by atoms with Crippen LogP contribution >= 0.6 is 0 Å². The third-order valence-electron chi connectivity index (χ3n) is 3.92. The molecular formula is C28H54N6O10. The van der Waals surface area contributed by atoms with Crippen molar-refractivity contribution in [1.29, 1.82) is 0 Å². The molecule has 0 unspecified atom stereocenters. The van der Waals surface area contributed by atoms with Crippen LogP contribution in [0.15, 0.2) is 0 Å². The number of nitrogens with zero attached hydrogens (tertiary/aromatic N) is 2. The van der Waals surface area contributed by atoms with Crippen molar-refractivity contribution in [2.75, 3.05) is 26.2 Å². The van der Waals surface area contributed by atoms with E-state index in [1.165, 1.54) is 0 Å². The molecule has 2 fully saturated rings. The van der Waals surface area contributed by atoms with Crippen molar-refractivity contribution in [2.45, 2.75) is 107 Å². The molecule has 0 bridgehead atoms. The molecule has 0 aromatic carbocycles. The zero-order valence-electron chi connectivity index (χ0n) is 36.2. The maximum Gasteiger partial charge on any atom is 0.332 e. The van der Waals surface area contributed by atoms with Crippen LogP contribution in [0.1, 0.15) is 120 Å². The Kier molecular flexibility index (Phi) is 21.0. The fraction of sp³-hybridized carbons (Fsp3) is 0.714. The molecule has 2 saturated heterocycles. The van der Waals surface area contributed by atoms with Gasteiger partial charge in [-0.25, -0.2) is 9.59 Å². The van der Waals surface area contributed by atoms with E-state index in [1.807, 2.05) is 27.7 Å². The normalized spacial score (nSPS) is 17.3. The van der Waals surface area contributed by atoms with E-state index in [0.29, 0.717) is 11.5 Å². The van der Waals surface area contributed by atoms with Gasteiger partial charge < -0.3 is 31.8 Å². The largest absolute Gasteiger partial charge is 0.356 e. The Bertz CT molecular complexity index is 1200. The quantitative estimate of drug-likeness (QED) is 0.271. The summed E-state index contributed by atoms with van der Waals surface area (Å²) < 4.78 is 68.7. The van der Waals surface area contributed by atoms with Crippen molar-refractivity contribution in [3.05, 3.63) is 0 Å². The van der Waals surface area contributed by atoms with Gasteiger partial charge in [0.2, 0.25) is 11.8 Å². The van der Waals surface area contributed by atoms with Crippen LogP contribution in [0.5, 0.6) is 0 Å². The van der Waals surface area contributed by atoms with E-state index >= 15 is 0 Å². The van der Waals surface area contributed by atoms with Gasteiger partial charge in [-0.05, 0) is 26.9 Å². The minimum atomic E-state index is -3.28. The first kappa shape index (κ1) is 28.8. The predicted octanol–water partition coefficient (Wildman–Crippen LogP) is 1.00. The molecule has 0 saturated carbocycles. The van der Waals surface area contributed by atoms with Crippen molar-refractivity contribution in [2.24, 2.45) is 11.5 Å². The molecule has 44 heavy (non-hydrogen) atoms. The Morgan fingerprint density at radius 2 is 1.00 bits per heavy atom. The first-order valence-corrected chi connectivity index (χ1v) is 13.7. The predicted molar refractivity (Wildman–Crippen MR) is 162 cm³/mol. The maximum absolute atomic E-state index is 11.3. The summed E-state index contributed by atoms with van der Waals surface area (Å²) in [4.78, 5) is 95.6. The zero-order valence-corrected chi connectivity index (χ0v) is 26.2. The second kappa shape index (κ2) is 32.0. The number of hydrogen-bond donors (Lipinski definition) is 4. The average Bonchev–Trinajstić information content (AvgIpc) is 3.55. The smallest absolute Gasteiger partial charge is 0.332 e. The summed E-state index contributed by atoms with van der Waals surface area (Å²) in [5.74, 6) is -5.81. The van der Waals surface area contributed by atoms with Crippen molar-refractivity contribution in [3.8, 4) is 0 Å². The number of amides is 6. The molecule has 2 aliphatic rings. The van der Waals surface area contributed by atoms with Gasteiger partial charge in [-0.2, -0.15) is 0 Å². The number of carbonyl (C=O) groups is 8. The lowest BCUT2D eigenvalue weighted by Gasteiger charge is -2.10. The molecule has 0 aromatic rings. The Hall–Kier alpha value is -3.92. The number of nitrogens with two attached hydrogens (primary N) is 2. The van der Waals surface area contributed by atoms with Crippen LogP contribution in [0, 0.1) is 0 Å². The van der Waals surface area contributed by atoms with Gasteiger partial charge in [-0.1, -0.05) is 41.4 Å². The Morgan fingerprint density at radius 3 is 1.27 bits per heavy atom. The number of rotatable bonds is 8. The van der Waals surface area contributed by atoms with Crippen molar-refractivity contribution in [3.63, 3.8) is 0 Å².